The van der Waals surface area contributed by atoms with E-state index in [2.05, 4.69) is 4.98 Å². The van der Waals surface area contributed by atoms with Gasteiger partial charge in [0.2, 0.25) is 0 Å². The number of hydrogen-bond acceptors (Lipinski definition) is 2. The van der Waals surface area contributed by atoms with Gasteiger partial charge in [0.1, 0.15) is 5.15 Å². The minimum Gasteiger partial charge on any atom is -0.478 e. The molecule has 1 heterocycles. The zero-order chi connectivity index (χ0) is 14.9. The molecule has 0 fully saturated rings. The van der Waals surface area contributed by atoms with E-state index in [4.69, 9.17) is 16.7 Å². The van der Waals surface area contributed by atoms with Gasteiger partial charge in [-0.1, -0.05) is 23.7 Å². The van der Waals surface area contributed by atoms with Gasteiger partial charge in [-0.15, -0.1) is 0 Å². The third-order valence-corrected chi connectivity index (χ3v) is 2.90. The monoisotopic (exact) mass is 301 g/mol. The maximum atomic E-state index is 12.7. The van der Waals surface area contributed by atoms with Crippen LogP contribution in [0.15, 0.2) is 36.5 Å². The summed E-state index contributed by atoms with van der Waals surface area (Å²) in [5.41, 5.74) is -1.07. The first kappa shape index (κ1) is 14.3. The molecule has 0 aliphatic carbocycles. The predicted octanol–water partition coefficient (Wildman–Crippen LogP) is 4.12. The number of aromatic nitrogens is 1. The molecule has 7 heteroatoms. The maximum Gasteiger partial charge on any atom is 0.416 e. The number of hydrogen-bond donors (Lipinski definition) is 1. The lowest BCUT2D eigenvalue weighted by Crippen LogP contribution is -2.06. The third kappa shape index (κ3) is 2.75. The standard InChI is InChI=1S/C13H7ClF3NO2/c14-11-10(9(12(19)20)4-5-18-11)7-2-1-3-8(6-7)13(15,16)17/h1-6H,(H,19,20). The number of pyridine rings is 1. The number of benzene rings is 1. The predicted molar refractivity (Wildman–Crippen MR) is 66.6 cm³/mol. The molecule has 20 heavy (non-hydrogen) atoms. The molecule has 2 rings (SSSR count). The molecule has 0 atom stereocenters. The molecule has 0 spiro atoms. The van der Waals surface area contributed by atoms with Gasteiger partial charge in [0.05, 0.1) is 11.1 Å². The number of halogens is 4. The Balaban J connectivity index is 2.66. The van der Waals surface area contributed by atoms with E-state index in [9.17, 15) is 18.0 Å². The van der Waals surface area contributed by atoms with E-state index >= 15 is 0 Å². The van der Waals surface area contributed by atoms with Gasteiger partial charge >= 0.3 is 12.1 Å². The molecular formula is C13H7ClF3NO2. The minimum absolute atomic E-state index is 0.0345. The summed E-state index contributed by atoms with van der Waals surface area (Å²) in [5.74, 6) is -1.29. The molecule has 3 nitrogen and oxygen atoms in total. The van der Waals surface area contributed by atoms with Crippen molar-refractivity contribution in [1.82, 2.24) is 4.98 Å². The molecule has 0 saturated heterocycles. The molecule has 0 aliphatic heterocycles. The summed E-state index contributed by atoms with van der Waals surface area (Å²) < 4.78 is 38.0. The number of alkyl halides is 3. The summed E-state index contributed by atoms with van der Waals surface area (Å²) in [7, 11) is 0. The van der Waals surface area contributed by atoms with Crippen LogP contribution in [-0.4, -0.2) is 16.1 Å². The molecule has 0 unspecified atom stereocenters. The van der Waals surface area contributed by atoms with Crippen molar-refractivity contribution in [3.8, 4) is 11.1 Å². The quantitative estimate of drug-likeness (QED) is 0.849. The smallest absolute Gasteiger partial charge is 0.416 e. The normalized spacial score (nSPS) is 11.4. The van der Waals surface area contributed by atoms with Crippen LogP contribution in [0.5, 0.6) is 0 Å². The van der Waals surface area contributed by atoms with Gasteiger partial charge in [-0.2, -0.15) is 13.2 Å². The summed E-state index contributed by atoms with van der Waals surface area (Å²) in [5, 5.41) is 8.91. The summed E-state index contributed by atoms with van der Waals surface area (Å²) in [6, 6.07) is 5.46. The molecule has 1 aromatic carbocycles. The minimum atomic E-state index is -4.52. The van der Waals surface area contributed by atoms with Crippen LogP contribution in [0.4, 0.5) is 13.2 Å². The van der Waals surface area contributed by atoms with Crippen LogP contribution in [0.2, 0.25) is 5.15 Å². The van der Waals surface area contributed by atoms with Crippen LogP contribution >= 0.6 is 11.6 Å². The summed E-state index contributed by atoms with van der Waals surface area (Å²) in [4.78, 5) is 14.8. The zero-order valence-corrected chi connectivity index (χ0v) is 10.5. The fraction of sp³-hybridized carbons (Fsp3) is 0.0769. The molecule has 0 radical (unpaired) electrons. The lowest BCUT2D eigenvalue weighted by molar-refractivity contribution is -0.137. The molecule has 2 aromatic rings. The number of rotatable bonds is 2. The topological polar surface area (TPSA) is 50.2 Å². The molecule has 0 saturated carbocycles. The van der Waals surface area contributed by atoms with Crippen molar-refractivity contribution in [2.75, 3.05) is 0 Å². The van der Waals surface area contributed by atoms with Gasteiger partial charge in [0, 0.05) is 11.8 Å². The van der Waals surface area contributed by atoms with Crippen molar-refractivity contribution in [3.63, 3.8) is 0 Å². The maximum absolute atomic E-state index is 12.7. The van der Waals surface area contributed by atoms with E-state index in [1.807, 2.05) is 0 Å². The van der Waals surface area contributed by atoms with E-state index < -0.39 is 17.7 Å². The Morgan fingerprint density at radius 2 is 1.95 bits per heavy atom. The SMILES string of the molecule is O=C(O)c1ccnc(Cl)c1-c1cccc(C(F)(F)F)c1. The van der Waals surface area contributed by atoms with Crippen LogP contribution in [-0.2, 0) is 6.18 Å². The molecule has 0 bridgehead atoms. The van der Waals surface area contributed by atoms with Gasteiger partial charge in [-0.25, -0.2) is 9.78 Å². The Morgan fingerprint density at radius 3 is 2.55 bits per heavy atom. The lowest BCUT2D eigenvalue weighted by Gasteiger charge is -2.11. The van der Waals surface area contributed by atoms with Crippen molar-refractivity contribution >= 4 is 17.6 Å². The molecule has 104 valence electrons. The Kier molecular flexibility index (Phi) is 3.67. The van der Waals surface area contributed by atoms with Gasteiger partial charge in [-0.3, -0.25) is 0 Å². The highest BCUT2D eigenvalue weighted by Crippen LogP contribution is 2.35. The number of carboxylic acids is 1. The second-order valence-corrected chi connectivity index (χ2v) is 4.27. The number of nitrogens with zero attached hydrogens (tertiary/aromatic N) is 1. The summed E-state index contributed by atoms with van der Waals surface area (Å²) >= 11 is 5.82. The highest BCUT2D eigenvalue weighted by molar-refractivity contribution is 6.32. The zero-order valence-electron chi connectivity index (χ0n) is 9.78. The van der Waals surface area contributed by atoms with E-state index in [1.165, 1.54) is 24.4 Å². The molecule has 1 aromatic heterocycles. The highest BCUT2D eigenvalue weighted by Gasteiger charge is 2.31. The largest absolute Gasteiger partial charge is 0.478 e. The third-order valence-electron chi connectivity index (χ3n) is 2.61. The fourth-order valence-electron chi connectivity index (χ4n) is 1.74. The van der Waals surface area contributed by atoms with Crippen molar-refractivity contribution in [3.05, 3.63) is 52.8 Å². The Bertz CT molecular complexity index is 671. The van der Waals surface area contributed by atoms with Crippen molar-refractivity contribution in [1.29, 1.82) is 0 Å². The van der Waals surface area contributed by atoms with Crippen molar-refractivity contribution in [2.45, 2.75) is 6.18 Å². The molecule has 1 N–H and O–H groups in total. The first-order chi connectivity index (χ1) is 9.30. The average molecular weight is 302 g/mol. The highest BCUT2D eigenvalue weighted by atomic mass is 35.5. The number of carboxylic acid groups (broad SMARTS) is 1. The fourth-order valence-corrected chi connectivity index (χ4v) is 2.01. The van der Waals surface area contributed by atoms with Gasteiger partial charge in [0.15, 0.2) is 0 Å². The van der Waals surface area contributed by atoms with E-state index in [1.54, 1.807) is 0 Å². The van der Waals surface area contributed by atoms with Crippen LogP contribution in [0.25, 0.3) is 11.1 Å². The Hall–Kier alpha value is -2.08. The van der Waals surface area contributed by atoms with Crippen LogP contribution in [0, 0.1) is 0 Å². The van der Waals surface area contributed by atoms with Gasteiger partial charge < -0.3 is 5.11 Å². The molecule has 0 amide bonds. The Morgan fingerprint density at radius 1 is 1.25 bits per heavy atom. The number of aromatic carboxylic acids is 1. The summed E-state index contributed by atoms with van der Waals surface area (Å²) in [6.07, 6.45) is -3.34. The van der Waals surface area contributed by atoms with Crippen molar-refractivity contribution in [2.24, 2.45) is 0 Å². The molecular weight excluding hydrogens is 295 g/mol. The van der Waals surface area contributed by atoms with Crippen LogP contribution < -0.4 is 0 Å². The first-order valence-corrected chi connectivity index (χ1v) is 5.74. The molecule has 0 aliphatic rings. The second-order valence-electron chi connectivity index (χ2n) is 3.91. The number of carbonyl (C=O) groups is 1. The van der Waals surface area contributed by atoms with Crippen LogP contribution in [0.3, 0.4) is 0 Å². The van der Waals surface area contributed by atoms with Gasteiger partial charge in [-0.05, 0) is 23.8 Å². The lowest BCUT2D eigenvalue weighted by atomic mass is 10.00. The Labute approximate surface area is 116 Å². The summed E-state index contributed by atoms with van der Waals surface area (Å²) in [6.45, 7) is 0. The van der Waals surface area contributed by atoms with E-state index in [-0.39, 0.29) is 21.8 Å². The first-order valence-electron chi connectivity index (χ1n) is 5.36. The van der Waals surface area contributed by atoms with Crippen molar-refractivity contribution < 1.29 is 23.1 Å². The van der Waals surface area contributed by atoms with E-state index in [0.29, 0.717) is 0 Å². The van der Waals surface area contributed by atoms with Crippen LogP contribution in [0.1, 0.15) is 15.9 Å². The average Bonchev–Trinajstić information content (AvgIpc) is 2.37. The van der Waals surface area contributed by atoms with E-state index in [0.717, 1.165) is 12.1 Å². The second kappa shape index (κ2) is 5.13. The van der Waals surface area contributed by atoms with Gasteiger partial charge in [0.25, 0.3) is 0 Å².